The number of H-pyrrole nitrogens is 1. The van der Waals surface area contributed by atoms with Gasteiger partial charge in [0.2, 0.25) is 5.91 Å². The fourth-order valence-corrected chi connectivity index (χ4v) is 3.27. The van der Waals surface area contributed by atoms with Crippen LogP contribution < -0.4 is 0 Å². The Morgan fingerprint density at radius 3 is 2.95 bits per heavy atom. The molecule has 1 aromatic carbocycles. The van der Waals surface area contributed by atoms with Crippen LogP contribution in [0.4, 0.5) is 0 Å². The van der Waals surface area contributed by atoms with Gasteiger partial charge in [0.15, 0.2) is 0 Å². The van der Waals surface area contributed by atoms with Crippen LogP contribution in [0.3, 0.4) is 0 Å². The number of aryl methyl sites for hydroxylation is 2. The van der Waals surface area contributed by atoms with Crippen LogP contribution in [-0.2, 0) is 11.2 Å². The Balaban J connectivity index is 2.00. The van der Waals surface area contributed by atoms with Crippen molar-refractivity contribution in [2.24, 2.45) is 0 Å². The third-order valence-corrected chi connectivity index (χ3v) is 4.40. The molecule has 1 unspecified atom stereocenters. The fourth-order valence-electron chi connectivity index (χ4n) is 3.27. The number of hydrogen-bond donors (Lipinski definition) is 1. The Kier molecular flexibility index (Phi) is 3.28. The minimum Gasteiger partial charge on any atom is -0.358 e. The average Bonchev–Trinajstić information content (AvgIpc) is 2.78. The second-order valence-electron chi connectivity index (χ2n) is 6.15. The van der Waals surface area contributed by atoms with Crippen LogP contribution in [0.5, 0.6) is 0 Å². The molecule has 1 aromatic heterocycles. The van der Waals surface area contributed by atoms with Crippen LogP contribution in [0.25, 0.3) is 10.9 Å². The molecule has 0 fully saturated rings. The van der Waals surface area contributed by atoms with Gasteiger partial charge >= 0.3 is 0 Å². The summed E-state index contributed by atoms with van der Waals surface area (Å²) in [5.41, 5.74) is 5.24. The summed E-state index contributed by atoms with van der Waals surface area (Å²) in [4.78, 5) is 17.3. The molecule has 0 bridgehead atoms. The second kappa shape index (κ2) is 4.97. The van der Waals surface area contributed by atoms with E-state index in [1.165, 1.54) is 34.1 Å². The van der Waals surface area contributed by atoms with E-state index in [-0.39, 0.29) is 5.91 Å². The quantitative estimate of drug-likeness (QED) is 0.892. The Labute approximate surface area is 120 Å². The molecule has 106 valence electrons. The number of rotatable bonds is 2. The molecule has 2 aromatic rings. The number of hydrogen-bond acceptors (Lipinski definition) is 1. The van der Waals surface area contributed by atoms with E-state index in [2.05, 4.69) is 30.1 Å². The predicted molar refractivity (Wildman–Crippen MR) is 82.0 cm³/mol. The van der Waals surface area contributed by atoms with Gasteiger partial charge in [0.05, 0.1) is 0 Å². The van der Waals surface area contributed by atoms with Gasteiger partial charge in [-0.05, 0) is 43.9 Å². The lowest BCUT2D eigenvalue weighted by Crippen LogP contribution is -2.25. The van der Waals surface area contributed by atoms with E-state index >= 15 is 0 Å². The number of aromatic amines is 1. The van der Waals surface area contributed by atoms with Crippen molar-refractivity contribution in [3.8, 4) is 0 Å². The first-order chi connectivity index (χ1) is 9.56. The van der Waals surface area contributed by atoms with Gasteiger partial charge in [-0.1, -0.05) is 11.6 Å². The minimum absolute atomic E-state index is 0.220. The molecule has 1 heterocycles. The summed E-state index contributed by atoms with van der Waals surface area (Å²) in [5, 5.41) is 1.35. The first-order valence-corrected chi connectivity index (χ1v) is 7.37. The first-order valence-electron chi connectivity index (χ1n) is 7.37. The number of nitrogens with one attached hydrogen (secondary N) is 1. The van der Waals surface area contributed by atoms with E-state index in [4.69, 9.17) is 0 Å². The van der Waals surface area contributed by atoms with Crippen molar-refractivity contribution < 1.29 is 4.79 Å². The van der Waals surface area contributed by atoms with Crippen LogP contribution in [0.1, 0.15) is 42.0 Å². The predicted octanol–water partition coefficient (Wildman–Crippen LogP) is 3.37. The average molecular weight is 270 g/mol. The lowest BCUT2D eigenvalue weighted by molar-refractivity contribution is -0.129. The summed E-state index contributed by atoms with van der Waals surface area (Å²) in [6, 6.07) is 6.57. The fraction of sp³-hybridized carbons (Fsp3) is 0.471. The van der Waals surface area contributed by atoms with Crippen molar-refractivity contribution in [2.75, 3.05) is 14.1 Å². The number of aromatic nitrogens is 1. The number of amides is 1. The molecule has 1 amide bonds. The molecule has 1 N–H and O–H groups in total. The van der Waals surface area contributed by atoms with Crippen molar-refractivity contribution in [2.45, 2.75) is 38.5 Å². The van der Waals surface area contributed by atoms with E-state index < -0.39 is 0 Å². The molecule has 0 spiro atoms. The number of carbonyl (C=O) groups excluding carboxylic acids is 1. The van der Waals surface area contributed by atoms with Gasteiger partial charge in [0, 0.05) is 43.0 Å². The summed E-state index contributed by atoms with van der Waals surface area (Å²) in [5.74, 6) is 0.569. The maximum absolute atomic E-state index is 12.0. The zero-order chi connectivity index (χ0) is 14.3. The highest BCUT2D eigenvalue weighted by molar-refractivity contribution is 5.86. The molecule has 20 heavy (non-hydrogen) atoms. The van der Waals surface area contributed by atoms with E-state index in [0.29, 0.717) is 12.3 Å². The summed E-state index contributed by atoms with van der Waals surface area (Å²) < 4.78 is 0. The molecule has 1 atom stereocenters. The van der Waals surface area contributed by atoms with Crippen LogP contribution in [-0.4, -0.2) is 29.9 Å². The van der Waals surface area contributed by atoms with Gasteiger partial charge in [-0.3, -0.25) is 4.79 Å². The third-order valence-electron chi connectivity index (χ3n) is 4.40. The van der Waals surface area contributed by atoms with Gasteiger partial charge in [-0.25, -0.2) is 0 Å². The molecular weight excluding hydrogens is 248 g/mol. The summed E-state index contributed by atoms with van der Waals surface area (Å²) >= 11 is 0. The molecule has 3 heteroatoms. The normalized spacial score (nSPS) is 18.1. The van der Waals surface area contributed by atoms with Gasteiger partial charge in [0.1, 0.15) is 0 Å². The van der Waals surface area contributed by atoms with Gasteiger partial charge in [0.25, 0.3) is 0 Å². The topological polar surface area (TPSA) is 36.1 Å². The Morgan fingerprint density at radius 2 is 2.20 bits per heavy atom. The maximum atomic E-state index is 12.0. The number of nitrogens with zero attached hydrogens (tertiary/aromatic N) is 1. The van der Waals surface area contributed by atoms with Gasteiger partial charge in [-0.15, -0.1) is 0 Å². The third kappa shape index (κ3) is 2.21. The largest absolute Gasteiger partial charge is 0.358 e. The standard InChI is InChI=1S/C17H22N2O/c1-11-7-8-15-14(9-11)13-6-4-5-12(17(13)18-15)10-16(20)19(2)3/h7-9,12,18H,4-6,10H2,1-3H3. The number of fused-ring (bicyclic) bond motifs is 3. The highest BCUT2D eigenvalue weighted by Crippen LogP contribution is 2.38. The summed E-state index contributed by atoms with van der Waals surface area (Å²) in [6.45, 7) is 2.13. The zero-order valence-electron chi connectivity index (χ0n) is 12.5. The highest BCUT2D eigenvalue weighted by atomic mass is 16.2. The molecule has 0 radical (unpaired) electrons. The number of benzene rings is 1. The Bertz CT molecular complexity index is 654. The first kappa shape index (κ1) is 13.2. The van der Waals surface area contributed by atoms with Crippen molar-refractivity contribution in [3.05, 3.63) is 35.0 Å². The van der Waals surface area contributed by atoms with Crippen LogP contribution in [0, 0.1) is 6.92 Å². The van der Waals surface area contributed by atoms with Gasteiger partial charge < -0.3 is 9.88 Å². The monoisotopic (exact) mass is 270 g/mol. The van der Waals surface area contributed by atoms with E-state index in [1.54, 1.807) is 4.90 Å². The molecule has 0 aliphatic heterocycles. The molecule has 3 rings (SSSR count). The van der Waals surface area contributed by atoms with E-state index in [9.17, 15) is 4.79 Å². The lowest BCUT2D eigenvalue weighted by Gasteiger charge is -2.23. The van der Waals surface area contributed by atoms with Crippen molar-refractivity contribution in [1.29, 1.82) is 0 Å². The van der Waals surface area contributed by atoms with Crippen LogP contribution in [0.15, 0.2) is 18.2 Å². The zero-order valence-corrected chi connectivity index (χ0v) is 12.5. The Hall–Kier alpha value is -1.77. The SMILES string of the molecule is Cc1ccc2[nH]c3c(c2c1)CCCC3CC(=O)N(C)C. The molecule has 1 aliphatic rings. The molecule has 0 saturated carbocycles. The molecule has 3 nitrogen and oxygen atoms in total. The lowest BCUT2D eigenvalue weighted by atomic mass is 9.84. The van der Waals surface area contributed by atoms with Crippen molar-refractivity contribution in [1.82, 2.24) is 9.88 Å². The molecule has 0 saturated heterocycles. The van der Waals surface area contributed by atoms with Crippen molar-refractivity contribution >= 4 is 16.8 Å². The highest BCUT2D eigenvalue weighted by Gasteiger charge is 2.26. The van der Waals surface area contributed by atoms with E-state index in [0.717, 1.165) is 12.8 Å². The van der Waals surface area contributed by atoms with Crippen LogP contribution >= 0.6 is 0 Å². The van der Waals surface area contributed by atoms with Crippen molar-refractivity contribution in [3.63, 3.8) is 0 Å². The minimum atomic E-state index is 0.220. The maximum Gasteiger partial charge on any atom is 0.222 e. The number of carbonyl (C=O) groups is 1. The smallest absolute Gasteiger partial charge is 0.222 e. The summed E-state index contributed by atoms with van der Waals surface area (Å²) in [6.07, 6.45) is 4.04. The summed E-state index contributed by atoms with van der Waals surface area (Å²) in [7, 11) is 3.67. The Morgan fingerprint density at radius 1 is 1.40 bits per heavy atom. The van der Waals surface area contributed by atoms with Crippen LogP contribution in [0.2, 0.25) is 0 Å². The van der Waals surface area contributed by atoms with E-state index in [1.807, 2.05) is 14.1 Å². The molecular formula is C17H22N2O. The van der Waals surface area contributed by atoms with Gasteiger partial charge in [-0.2, -0.15) is 0 Å². The second-order valence-corrected chi connectivity index (χ2v) is 6.15. The molecule has 1 aliphatic carbocycles.